The van der Waals surface area contributed by atoms with E-state index in [4.69, 9.17) is 4.74 Å². The molecule has 0 aromatic carbocycles. The van der Waals surface area contributed by atoms with Crippen molar-refractivity contribution >= 4 is 11.9 Å². The molecule has 86 valence electrons. The lowest BCUT2D eigenvalue weighted by Crippen LogP contribution is -2.25. The predicted octanol–water partition coefficient (Wildman–Crippen LogP) is 0.258. The van der Waals surface area contributed by atoms with Crippen LogP contribution in [0.25, 0.3) is 0 Å². The van der Waals surface area contributed by atoms with Gasteiger partial charge in [0.05, 0.1) is 20.3 Å². The molecule has 0 radical (unpaired) electrons. The van der Waals surface area contributed by atoms with E-state index in [2.05, 4.69) is 10.1 Å². The smallest absolute Gasteiger partial charge is 0.333 e. The average Bonchev–Trinajstić information content (AvgIpc) is 2.23. The van der Waals surface area contributed by atoms with Crippen LogP contribution in [0.4, 0.5) is 0 Å². The molecule has 0 heterocycles. The Morgan fingerprint density at radius 3 is 2.60 bits per heavy atom. The van der Waals surface area contributed by atoms with Crippen molar-refractivity contribution < 1.29 is 19.1 Å². The summed E-state index contributed by atoms with van der Waals surface area (Å²) in [7, 11) is 1.33. The van der Waals surface area contributed by atoms with Crippen molar-refractivity contribution in [2.45, 2.75) is 13.8 Å². The van der Waals surface area contributed by atoms with Crippen LogP contribution in [0.5, 0.6) is 0 Å². The summed E-state index contributed by atoms with van der Waals surface area (Å²) < 4.78 is 9.21. The highest BCUT2D eigenvalue weighted by Gasteiger charge is 2.02. The molecule has 0 aliphatic heterocycles. The minimum atomic E-state index is -0.368. The molecule has 0 aromatic rings. The maximum Gasteiger partial charge on any atom is 0.333 e. The number of nitrogens with one attached hydrogen (secondary N) is 1. The number of carbonyl (C=O) groups is 2. The fourth-order valence-corrected chi connectivity index (χ4v) is 0.856. The number of hydrogen-bond acceptors (Lipinski definition) is 5. The van der Waals surface area contributed by atoms with Crippen LogP contribution in [-0.2, 0) is 19.1 Å². The highest BCUT2D eigenvalue weighted by atomic mass is 16.5. The Kier molecular flexibility index (Phi) is 7.27. The maximum atomic E-state index is 10.9. The first-order valence-corrected chi connectivity index (χ1v) is 4.73. The number of methoxy groups -OCH3 is 1. The van der Waals surface area contributed by atoms with E-state index in [1.165, 1.54) is 7.11 Å². The van der Waals surface area contributed by atoms with Gasteiger partial charge in [0, 0.05) is 12.1 Å². The van der Waals surface area contributed by atoms with Gasteiger partial charge in [0.15, 0.2) is 0 Å². The molecule has 0 atom stereocenters. The van der Waals surface area contributed by atoms with Crippen LogP contribution in [0, 0.1) is 0 Å². The molecule has 15 heavy (non-hydrogen) atoms. The largest absolute Gasteiger partial charge is 0.466 e. The van der Waals surface area contributed by atoms with E-state index in [1.54, 1.807) is 19.9 Å². The van der Waals surface area contributed by atoms with Crippen molar-refractivity contribution in [2.75, 3.05) is 26.8 Å². The van der Waals surface area contributed by atoms with Gasteiger partial charge in [0.2, 0.25) is 0 Å². The Bertz CT molecular complexity index is 248. The van der Waals surface area contributed by atoms with Crippen LogP contribution in [0.1, 0.15) is 13.8 Å². The van der Waals surface area contributed by atoms with E-state index in [-0.39, 0.29) is 18.5 Å². The lowest BCUT2D eigenvalue weighted by atomic mass is 10.3. The average molecular weight is 215 g/mol. The summed E-state index contributed by atoms with van der Waals surface area (Å²) in [6, 6.07) is 0. The van der Waals surface area contributed by atoms with Gasteiger partial charge in [-0.3, -0.25) is 4.79 Å². The molecule has 0 rings (SSSR count). The first-order chi connectivity index (χ1) is 7.11. The minimum absolute atomic E-state index is 0.138. The van der Waals surface area contributed by atoms with Gasteiger partial charge >= 0.3 is 11.9 Å². The third-order valence-electron chi connectivity index (χ3n) is 1.63. The Labute approximate surface area is 89.4 Å². The fraction of sp³-hybridized carbons (Fsp3) is 0.600. The zero-order valence-electron chi connectivity index (χ0n) is 9.33. The second kappa shape index (κ2) is 7.99. The Morgan fingerprint density at radius 1 is 1.40 bits per heavy atom. The summed E-state index contributed by atoms with van der Waals surface area (Å²) in [4.78, 5) is 21.8. The van der Waals surface area contributed by atoms with Crippen LogP contribution in [0.2, 0.25) is 0 Å². The lowest BCUT2D eigenvalue weighted by Gasteiger charge is -2.02. The second-order valence-electron chi connectivity index (χ2n) is 2.81. The summed E-state index contributed by atoms with van der Waals surface area (Å²) in [5.74, 6) is -0.672. The molecule has 0 saturated heterocycles. The molecule has 0 unspecified atom stereocenters. The SMILES string of the molecule is CCOC(=O)CNC/C=C(/C)C(=O)OC. The number of rotatable bonds is 6. The molecule has 0 aliphatic rings. The molecule has 0 fully saturated rings. The summed E-state index contributed by atoms with van der Waals surface area (Å²) in [6.45, 7) is 4.34. The van der Waals surface area contributed by atoms with Crippen molar-refractivity contribution in [3.8, 4) is 0 Å². The first-order valence-electron chi connectivity index (χ1n) is 4.73. The summed E-state index contributed by atoms with van der Waals surface area (Å²) >= 11 is 0. The van der Waals surface area contributed by atoms with Gasteiger partial charge in [-0.1, -0.05) is 6.08 Å². The lowest BCUT2D eigenvalue weighted by molar-refractivity contribution is -0.142. The van der Waals surface area contributed by atoms with E-state index in [0.29, 0.717) is 18.7 Å². The first kappa shape index (κ1) is 13.6. The Morgan fingerprint density at radius 2 is 2.07 bits per heavy atom. The topological polar surface area (TPSA) is 64.6 Å². The van der Waals surface area contributed by atoms with Crippen LogP contribution in [0.15, 0.2) is 11.6 Å². The number of esters is 2. The minimum Gasteiger partial charge on any atom is -0.466 e. The zero-order chi connectivity index (χ0) is 11.7. The molecule has 5 heteroatoms. The monoisotopic (exact) mass is 215 g/mol. The molecule has 0 bridgehead atoms. The van der Waals surface area contributed by atoms with Crippen LogP contribution >= 0.6 is 0 Å². The standard InChI is InChI=1S/C10H17NO4/c1-4-15-9(12)7-11-6-5-8(2)10(13)14-3/h5,11H,4,6-7H2,1-3H3/b8-5-. The van der Waals surface area contributed by atoms with Gasteiger partial charge in [-0.25, -0.2) is 4.79 Å². The highest BCUT2D eigenvalue weighted by Crippen LogP contribution is 1.93. The van der Waals surface area contributed by atoms with E-state index < -0.39 is 0 Å². The number of hydrogen-bond donors (Lipinski definition) is 1. The van der Waals surface area contributed by atoms with Crippen LogP contribution in [-0.4, -0.2) is 38.7 Å². The van der Waals surface area contributed by atoms with Gasteiger partial charge in [-0.15, -0.1) is 0 Å². The van der Waals surface area contributed by atoms with E-state index in [0.717, 1.165) is 0 Å². The van der Waals surface area contributed by atoms with Crippen molar-refractivity contribution in [1.29, 1.82) is 0 Å². The number of ether oxygens (including phenoxy) is 2. The van der Waals surface area contributed by atoms with Gasteiger partial charge in [-0.05, 0) is 13.8 Å². The van der Waals surface area contributed by atoms with Gasteiger partial charge in [0.25, 0.3) is 0 Å². The molecule has 0 amide bonds. The van der Waals surface area contributed by atoms with E-state index in [9.17, 15) is 9.59 Å². The maximum absolute atomic E-state index is 10.9. The van der Waals surface area contributed by atoms with Gasteiger partial charge in [-0.2, -0.15) is 0 Å². The van der Waals surface area contributed by atoms with Crippen molar-refractivity contribution in [3.63, 3.8) is 0 Å². The highest BCUT2D eigenvalue weighted by molar-refractivity contribution is 5.87. The molecular weight excluding hydrogens is 198 g/mol. The van der Waals surface area contributed by atoms with Crippen LogP contribution in [0.3, 0.4) is 0 Å². The van der Waals surface area contributed by atoms with E-state index >= 15 is 0 Å². The summed E-state index contributed by atoms with van der Waals surface area (Å²) in [6.07, 6.45) is 1.66. The Balaban J connectivity index is 3.69. The molecule has 0 saturated carbocycles. The quantitative estimate of drug-likeness (QED) is 0.391. The van der Waals surface area contributed by atoms with Gasteiger partial charge in [0.1, 0.15) is 0 Å². The van der Waals surface area contributed by atoms with E-state index in [1.807, 2.05) is 0 Å². The molecule has 0 aromatic heterocycles. The summed E-state index contributed by atoms with van der Waals surface area (Å²) in [5, 5.41) is 2.82. The van der Waals surface area contributed by atoms with Crippen molar-refractivity contribution in [2.24, 2.45) is 0 Å². The normalized spacial score (nSPS) is 11.0. The van der Waals surface area contributed by atoms with Crippen molar-refractivity contribution in [3.05, 3.63) is 11.6 Å². The molecule has 1 N–H and O–H groups in total. The van der Waals surface area contributed by atoms with Crippen LogP contribution < -0.4 is 5.32 Å². The fourth-order valence-electron chi connectivity index (χ4n) is 0.856. The van der Waals surface area contributed by atoms with Gasteiger partial charge < -0.3 is 14.8 Å². The van der Waals surface area contributed by atoms with Crippen molar-refractivity contribution in [1.82, 2.24) is 5.32 Å². The second-order valence-corrected chi connectivity index (χ2v) is 2.81. The molecule has 0 spiro atoms. The summed E-state index contributed by atoms with van der Waals surface area (Å²) in [5.41, 5.74) is 0.508. The zero-order valence-corrected chi connectivity index (χ0v) is 9.33. The molecule has 5 nitrogen and oxygen atoms in total. The third-order valence-corrected chi connectivity index (χ3v) is 1.63. The molecule has 0 aliphatic carbocycles. The predicted molar refractivity (Wildman–Crippen MR) is 55.3 cm³/mol. The Hall–Kier alpha value is -1.36. The number of carbonyl (C=O) groups excluding carboxylic acids is 2. The third kappa shape index (κ3) is 6.68. The molecular formula is C10H17NO4.